The van der Waals surface area contributed by atoms with E-state index in [1.165, 1.54) is 0 Å². The van der Waals surface area contributed by atoms with Crippen molar-refractivity contribution in [2.45, 2.75) is 56.8 Å². The lowest BCUT2D eigenvalue weighted by molar-refractivity contribution is -0.150. The molecule has 3 heterocycles. The third-order valence-corrected chi connectivity index (χ3v) is 17.9. The second kappa shape index (κ2) is 17.4. The Morgan fingerprint density at radius 1 is 0.828 bits per heavy atom. The monoisotopic (exact) mass is 891 g/mol. The lowest BCUT2D eigenvalue weighted by Crippen LogP contribution is -2.52. The fourth-order valence-electron chi connectivity index (χ4n) is 10.2. The molecule has 9 rings (SSSR count). The molecule has 4 atom stereocenters. The number of aliphatic hydroxyl groups is 1. The van der Waals surface area contributed by atoms with Gasteiger partial charge >= 0.3 is 0 Å². The number of anilines is 3. The Bertz CT molecular complexity index is 2730. The van der Waals surface area contributed by atoms with Crippen molar-refractivity contribution in [3.05, 3.63) is 173 Å². The summed E-state index contributed by atoms with van der Waals surface area (Å²) in [6.07, 6.45) is -0.638. The van der Waals surface area contributed by atoms with Crippen LogP contribution in [0.1, 0.15) is 40.4 Å². The van der Waals surface area contributed by atoms with E-state index in [9.17, 15) is 14.7 Å². The van der Waals surface area contributed by atoms with Crippen molar-refractivity contribution in [1.29, 1.82) is 0 Å². The van der Waals surface area contributed by atoms with E-state index in [1.807, 2.05) is 115 Å². The standard InChI is InChI=1S/C52H50ClN3O7Si/c1-34-49(64(3,4)40-24-22-39(61-2)23-25-40)47(31-48(58)54(27-28-57)32-35-13-6-5-7-14-35)63-52(34)42-30-37(53)21-26-43(42)55(51(52)60)33-36-15-12-16-38(29-36)56-44-18-9-11-20-46(44)62-45-19-10-8-17-41(45)50(56)59/h5-26,29-30,34,47,49,57H,27-28,31-33H2,1-4H3/t34-,47+,49-,52+/m0/s1. The maximum atomic E-state index is 15.6. The van der Waals surface area contributed by atoms with Crippen LogP contribution in [0.25, 0.3) is 0 Å². The Labute approximate surface area is 379 Å². The fraction of sp³-hybridized carbons (Fsp3) is 0.250. The number of nitrogens with zero attached hydrogens (tertiary/aromatic N) is 3. The molecule has 10 nitrogen and oxygen atoms in total. The average molecular weight is 893 g/mol. The van der Waals surface area contributed by atoms with E-state index in [2.05, 4.69) is 32.2 Å². The van der Waals surface area contributed by atoms with E-state index in [4.69, 9.17) is 25.8 Å². The minimum atomic E-state index is -2.60. The van der Waals surface area contributed by atoms with Crippen LogP contribution in [0.15, 0.2) is 146 Å². The molecule has 1 fully saturated rings. The van der Waals surface area contributed by atoms with Crippen LogP contribution in [0, 0.1) is 5.92 Å². The van der Waals surface area contributed by atoms with Crippen LogP contribution in [-0.2, 0) is 33.0 Å². The third-order valence-electron chi connectivity index (χ3n) is 13.3. The molecule has 6 aromatic carbocycles. The lowest BCUT2D eigenvalue weighted by atomic mass is 9.82. The third kappa shape index (κ3) is 7.55. The van der Waals surface area contributed by atoms with E-state index >= 15 is 4.79 Å². The molecule has 0 unspecified atom stereocenters. The highest BCUT2D eigenvalue weighted by Gasteiger charge is 2.66. The molecule has 1 spiro atoms. The van der Waals surface area contributed by atoms with Gasteiger partial charge in [-0.05, 0) is 83.4 Å². The molecule has 12 heteroatoms. The maximum Gasteiger partial charge on any atom is 0.266 e. The summed E-state index contributed by atoms with van der Waals surface area (Å²) >= 11 is 6.80. The number of carbonyl (C=O) groups excluding carboxylic acids is 3. The largest absolute Gasteiger partial charge is 0.497 e. The van der Waals surface area contributed by atoms with Crippen LogP contribution in [0.2, 0.25) is 23.7 Å². The summed E-state index contributed by atoms with van der Waals surface area (Å²) in [5.41, 5.74) is 3.04. The smallest absolute Gasteiger partial charge is 0.266 e. The van der Waals surface area contributed by atoms with E-state index in [0.717, 1.165) is 22.1 Å². The van der Waals surface area contributed by atoms with Crippen LogP contribution in [0.4, 0.5) is 17.1 Å². The first kappa shape index (κ1) is 43.0. The number of methoxy groups -OCH3 is 1. The molecule has 0 radical (unpaired) electrons. The molecule has 3 amide bonds. The molecule has 0 aliphatic carbocycles. The molecule has 0 saturated carbocycles. The van der Waals surface area contributed by atoms with Gasteiger partial charge in [-0.3, -0.25) is 19.3 Å². The van der Waals surface area contributed by atoms with Gasteiger partial charge in [0.15, 0.2) is 11.4 Å². The van der Waals surface area contributed by atoms with E-state index in [-0.39, 0.29) is 55.3 Å². The molecule has 1 saturated heterocycles. The number of benzene rings is 6. The minimum absolute atomic E-state index is 0.0135. The van der Waals surface area contributed by atoms with Crippen molar-refractivity contribution >= 4 is 59.6 Å². The summed E-state index contributed by atoms with van der Waals surface area (Å²) in [6.45, 7) is 7.10. The van der Waals surface area contributed by atoms with E-state index < -0.39 is 19.8 Å². The number of halogens is 1. The number of hydrogen-bond donors (Lipinski definition) is 1. The number of para-hydroxylation sites is 3. The molecular formula is C52H50ClN3O7Si. The zero-order chi connectivity index (χ0) is 44.8. The Morgan fingerprint density at radius 3 is 2.28 bits per heavy atom. The Hall–Kier alpha value is -6.24. The number of amides is 3. The molecule has 6 aromatic rings. The number of rotatable bonds is 12. The molecule has 3 aliphatic rings. The Balaban J connectivity index is 1.09. The van der Waals surface area contributed by atoms with Gasteiger partial charge in [0, 0.05) is 35.3 Å². The quantitative estimate of drug-likeness (QED) is 0.122. The molecular weight excluding hydrogens is 842 g/mol. The first-order valence-corrected chi connectivity index (χ1v) is 25.1. The number of fused-ring (bicyclic) bond motifs is 4. The second-order valence-electron chi connectivity index (χ2n) is 17.3. The molecule has 0 bridgehead atoms. The van der Waals surface area contributed by atoms with Gasteiger partial charge in [0.2, 0.25) is 5.91 Å². The maximum absolute atomic E-state index is 15.6. The van der Waals surface area contributed by atoms with Crippen LogP contribution >= 0.6 is 11.6 Å². The van der Waals surface area contributed by atoms with Gasteiger partial charge in [-0.25, -0.2) is 0 Å². The van der Waals surface area contributed by atoms with Crippen LogP contribution in [0.5, 0.6) is 17.2 Å². The van der Waals surface area contributed by atoms with Gasteiger partial charge in [-0.1, -0.05) is 116 Å². The van der Waals surface area contributed by atoms with Crippen LogP contribution in [-0.4, -0.2) is 62.2 Å². The predicted octanol–water partition coefficient (Wildman–Crippen LogP) is 9.61. The number of ether oxygens (including phenoxy) is 3. The highest BCUT2D eigenvalue weighted by atomic mass is 35.5. The van der Waals surface area contributed by atoms with Crippen molar-refractivity contribution < 1.29 is 33.7 Å². The van der Waals surface area contributed by atoms with Gasteiger partial charge in [-0.2, -0.15) is 0 Å². The summed E-state index contributed by atoms with van der Waals surface area (Å²) in [6, 6.07) is 45.6. The van der Waals surface area contributed by atoms with E-state index in [0.29, 0.717) is 51.3 Å². The molecule has 326 valence electrons. The summed E-state index contributed by atoms with van der Waals surface area (Å²) in [7, 11) is -0.960. The average Bonchev–Trinajstić information content (AvgIpc) is 3.67. The summed E-state index contributed by atoms with van der Waals surface area (Å²) in [5.74, 6) is 0.730. The van der Waals surface area contributed by atoms with Crippen molar-refractivity contribution in [2.24, 2.45) is 5.92 Å². The van der Waals surface area contributed by atoms with Crippen LogP contribution < -0.4 is 24.5 Å². The normalized spacial score (nSPS) is 20.1. The van der Waals surface area contributed by atoms with Crippen molar-refractivity contribution in [3.8, 4) is 17.2 Å². The van der Waals surface area contributed by atoms with Gasteiger partial charge in [0.1, 0.15) is 11.5 Å². The Kier molecular flexibility index (Phi) is 11.7. The highest BCUT2D eigenvalue weighted by molar-refractivity contribution is 6.91. The number of hydrogen-bond acceptors (Lipinski definition) is 7. The van der Waals surface area contributed by atoms with Gasteiger partial charge < -0.3 is 29.1 Å². The van der Waals surface area contributed by atoms with Gasteiger partial charge in [-0.15, -0.1) is 0 Å². The lowest BCUT2D eigenvalue weighted by Gasteiger charge is -2.37. The number of aliphatic hydroxyl groups excluding tert-OH is 1. The number of carbonyl (C=O) groups is 3. The zero-order valence-electron chi connectivity index (χ0n) is 36.2. The summed E-state index contributed by atoms with van der Waals surface area (Å²) in [5, 5.41) is 11.7. The first-order chi connectivity index (χ1) is 30.9. The van der Waals surface area contributed by atoms with Gasteiger partial charge in [0.05, 0.1) is 57.8 Å². The van der Waals surface area contributed by atoms with Crippen molar-refractivity contribution in [1.82, 2.24) is 4.90 Å². The molecule has 0 aromatic heterocycles. The minimum Gasteiger partial charge on any atom is -0.497 e. The zero-order valence-corrected chi connectivity index (χ0v) is 38.0. The van der Waals surface area contributed by atoms with Gasteiger partial charge in [0.25, 0.3) is 11.8 Å². The Morgan fingerprint density at radius 2 is 1.53 bits per heavy atom. The van der Waals surface area contributed by atoms with Crippen molar-refractivity contribution in [2.75, 3.05) is 30.1 Å². The summed E-state index contributed by atoms with van der Waals surface area (Å²) in [4.78, 5) is 49.6. The fourth-order valence-corrected chi connectivity index (χ4v) is 14.4. The van der Waals surface area contributed by atoms with E-state index in [1.54, 1.807) is 40.0 Å². The SMILES string of the molecule is COc1ccc([Si](C)(C)[C@@H]2[C@@H](CC(=O)N(CCO)Cc3ccccc3)O[C@]3(C(=O)N(Cc4cccc(N5C(=O)c6ccccc6Oc6ccccc65)c4)c4ccc(Cl)cc43)[C@H]2C)cc1. The summed E-state index contributed by atoms with van der Waals surface area (Å²) < 4.78 is 19.1. The topological polar surface area (TPSA) is 109 Å². The highest BCUT2D eigenvalue weighted by Crippen LogP contribution is 2.60. The second-order valence-corrected chi connectivity index (χ2v) is 22.4. The molecule has 1 N–H and O–H groups in total. The van der Waals surface area contributed by atoms with Crippen LogP contribution in [0.3, 0.4) is 0 Å². The molecule has 64 heavy (non-hydrogen) atoms. The predicted molar refractivity (Wildman–Crippen MR) is 252 cm³/mol. The molecule has 3 aliphatic heterocycles. The first-order valence-electron chi connectivity index (χ1n) is 21.6. The van der Waals surface area contributed by atoms with Crippen molar-refractivity contribution in [3.63, 3.8) is 0 Å².